The quantitative estimate of drug-likeness (QED) is 0.675. The molecule has 3 rings (SSSR count). The molecular formula is C22H22N2O5S. The summed E-state index contributed by atoms with van der Waals surface area (Å²) in [5.41, 5.74) is 2.39. The number of benzene rings is 2. The maximum atomic E-state index is 12.7. The van der Waals surface area contributed by atoms with Gasteiger partial charge < -0.3 is 14.8 Å². The molecule has 1 N–H and O–H groups in total. The maximum Gasteiger partial charge on any atom is 0.294 e. The Morgan fingerprint density at radius 1 is 1.10 bits per heavy atom. The summed E-state index contributed by atoms with van der Waals surface area (Å²) in [6, 6.07) is 12.6. The van der Waals surface area contributed by atoms with E-state index in [0.29, 0.717) is 22.7 Å². The van der Waals surface area contributed by atoms with E-state index < -0.39 is 17.1 Å². The second-order valence-corrected chi connectivity index (χ2v) is 7.47. The molecule has 3 amide bonds. The number of nitrogens with one attached hydrogen (secondary N) is 1. The largest absolute Gasteiger partial charge is 0.497 e. The highest BCUT2D eigenvalue weighted by Crippen LogP contribution is 2.35. The molecule has 1 fully saturated rings. The van der Waals surface area contributed by atoms with Crippen molar-refractivity contribution in [3.63, 3.8) is 0 Å². The molecule has 156 valence electrons. The smallest absolute Gasteiger partial charge is 0.294 e. The van der Waals surface area contributed by atoms with E-state index in [-0.39, 0.29) is 11.4 Å². The van der Waals surface area contributed by atoms with E-state index in [9.17, 15) is 14.4 Å². The van der Waals surface area contributed by atoms with Crippen LogP contribution in [0, 0.1) is 0 Å². The fourth-order valence-corrected chi connectivity index (χ4v) is 3.71. The molecule has 2 aromatic rings. The van der Waals surface area contributed by atoms with Gasteiger partial charge in [-0.15, -0.1) is 0 Å². The molecule has 1 aliphatic rings. The van der Waals surface area contributed by atoms with Crippen LogP contribution in [0.4, 0.5) is 10.5 Å². The minimum atomic E-state index is -0.514. The van der Waals surface area contributed by atoms with Gasteiger partial charge in [0.05, 0.1) is 19.1 Å². The number of nitrogens with zero attached hydrogens (tertiary/aromatic N) is 1. The van der Waals surface area contributed by atoms with Crippen molar-refractivity contribution in [2.45, 2.75) is 13.3 Å². The normalized spacial score (nSPS) is 14.9. The van der Waals surface area contributed by atoms with E-state index in [1.54, 1.807) is 43.5 Å². The van der Waals surface area contributed by atoms with Crippen LogP contribution in [0.15, 0.2) is 47.4 Å². The Morgan fingerprint density at radius 3 is 2.47 bits per heavy atom. The fraction of sp³-hybridized carbons (Fsp3) is 0.227. The SMILES string of the molecule is CCc1ccc(NC(=O)CN2C(=O)S/C(=C/c3ccc(OC)cc3OC)C2=O)cc1. The number of thioether (sulfide) groups is 1. The van der Waals surface area contributed by atoms with Crippen LogP contribution in [0.2, 0.25) is 0 Å². The first-order valence-electron chi connectivity index (χ1n) is 9.31. The van der Waals surface area contributed by atoms with Crippen LogP contribution in [0.3, 0.4) is 0 Å². The molecule has 0 atom stereocenters. The average molecular weight is 426 g/mol. The van der Waals surface area contributed by atoms with E-state index >= 15 is 0 Å². The molecule has 2 aromatic carbocycles. The van der Waals surface area contributed by atoms with Gasteiger partial charge in [0.2, 0.25) is 5.91 Å². The third kappa shape index (κ3) is 4.83. The van der Waals surface area contributed by atoms with Crippen LogP contribution in [-0.4, -0.2) is 42.7 Å². The predicted octanol–water partition coefficient (Wildman–Crippen LogP) is 3.94. The monoisotopic (exact) mass is 426 g/mol. The van der Waals surface area contributed by atoms with E-state index in [2.05, 4.69) is 5.32 Å². The molecule has 0 aromatic heterocycles. The third-order valence-electron chi connectivity index (χ3n) is 4.55. The van der Waals surface area contributed by atoms with Crippen LogP contribution in [0.25, 0.3) is 6.08 Å². The van der Waals surface area contributed by atoms with Crippen LogP contribution in [-0.2, 0) is 16.0 Å². The molecule has 0 radical (unpaired) electrons. The van der Waals surface area contributed by atoms with Crippen LogP contribution in [0.1, 0.15) is 18.1 Å². The lowest BCUT2D eigenvalue weighted by Crippen LogP contribution is -2.36. The zero-order chi connectivity index (χ0) is 21.7. The van der Waals surface area contributed by atoms with Crippen molar-refractivity contribution in [3.8, 4) is 11.5 Å². The Bertz CT molecular complexity index is 1000. The summed E-state index contributed by atoms with van der Waals surface area (Å²) in [6.07, 6.45) is 2.47. The van der Waals surface area contributed by atoms with Gasteiger partial charge in [-0.25, -0.2) is 0 Å². The second kappa shape index (κ2) is 9.49. The molecule has 0 bridgehead atoms. The molecular weight excluding hydrogens is 404 g/mol. The maximum absolute atomic E-state index is 12.7. The summed E-state index contributed by atoms with van der Waals surface area (Å²) < 4.78 is 10.5. The Balaban J connectivity index is 1.71. The minimum absolute atomic E-state index is 0.226. The highest BCUT2D eigenvalue weighted by Gasteiger charge is 2.36. The Kier molecular flexibility index (Phi) is 6.79. The summed E-state index contributed by atoms with van der Waals surface area (Å²) in [5.74, 6) is 0.166. The lowest BCUT2D eigenvalue weighted by atomic mass is 10.1. The van der Waals surface area contributed by atoms with E-state index in [0.717, 1.165) is 28.6 Å². The first-order valence-corrected chi connectivity index (χ1v) is 10.1. The number of ether oxygens (including phenoxy) is 2. The number of imide groups is 1. The number of rotatable bonds is 7. The van der Waals surface area contributed by atoms with Crippen molar-refractivity contribution >= 4 is 40.6 Å². The lowest BCUT2D eigenvalue weighted by Gasteiger charge is -2.12. The molecule has 0 aliphatic carbocycles. The number of hydrogen-bond acceptors (Lipinski definition) is 6. The molecule has 0 unspecified atom stereocenters. The topological polar surface area (TPSA) is 84.9 Å². The van der Waals surface area contributed by atoms with Gasteiger partial charge in [-0.3, -0.25) is 19.3 Å². The molecule has 8 heteroatoms. The second-order valence-electron chi connectivity index (χ2n) is 6.47. The Labute approximate surface area is 179 Å². The van der Waals surface area contributed by atoms with Crippen molar-refractivity contribution in [2.24, 2.45) is 0 Å². The number of carbonyl (C=O) groups is 3. The van der Waals surface area contributed by atoms with Gasteiger partial charge in [0.1, 0.15) is 18.0 Å². The number of amides is 3. The van der Waals surface area contributed by atoms with Crippen LogP contribution < -0.4 is 14.8 Å². The lowest BCUT2D eigenvalue weighted by molar-refractivity contribution is -0.127. The van der Waals surface area contributed by atoms with Gasteiger partial charge in [0.25, 0.3) is 11.1 Å². The first-order chi connectivity index (χ1) is 14.4. The van der Waals surface area contributed by atoms with Crippen molar-refractivity contribution in [1.82, 2.24) is 4.90 Å². The Morgan fingerprint density at radius 2 is 1.83 bits per heavy atom. The van der Waals surface area contributed by atoms with Gasteiger partial charge in [0.15, 0.2) is 0 Å². The van der Waals surface area contributed by atoms with Gasteiger partial charge in [-0.1, -0.05) is 19.1 Å². The standard InChI is InChI=1S/C22H22N2O5S/c1-4-14-5-8-16(9-6-14)23-20(25)13-24-21(26)19(30-22(24)27)11-15-7-10-17(28-2)12-18(15)29-3/h5-12H,4,13H2,1-3H3,(H,23,25)/b19-11+. The molecule has 7 nitrogen and oxygen atoms in total. The molecule has 0 saturated carbocycles. The Hall–Kier alpha value is -3.26. The predicted molar refractivity (Wildman–Crippen MR) is 117 cm³/mol. The zero-order valence-corrected chi connectivity index (χ0v) is 17.7. The van der Waals surface area contributed by atoms with Gasteiger partial charge in [-0.2, -0.15) is 0 Å². The number of aryl methyl sites for hydroxylation is 1. The summed E-state index contributed by atoms with van der Waals surface area (Å²) in [6.45, 7) is 1.69. The first kappa shape index (κ1) is 21.4. The molecule has 1 aliphatic heterocycles. The number of methoxy groups -OCH3 is 2. The highest BCUT2D eigenvalue weighted by molar-refractivity contribution is 8.18. The van der Waals surface area contributed by atoms with Gasteiger partial charge >= 0.3 is 0 Å². The van der Waals surface area contributed by atoms with E-state index in [1.807, 2.05) is 19.1 Å². The number of carbonyl (C=O) groups excluding carboxylic acids is 3. The fourth-order valence-electron chi connectivity index (χ4n) is 2.88. The summed E-state index contributed by atoms with van der Waals surface area (Å²) in [7, 11) is 3.05. The van der Waals surface area contributed by atoms with Crippen LogP contribution >= 0.6 is 11.8 Å². The van der Waals surface area contributed by atoms with Gasteiger partial charge in [0, 0.05) is 17.3 Å². The molecule has 1 saturated heterocycles. The zero-order valence-electron chi connectivity index (χ0n) is 16.9. The minimum Gasteiger partial charge on any atom is -0.497 e. The molecule has 0 spiro atoms. The summed E-state index contributed by atoms with van der Waals surface area (Å²) in [5, 5.41) is 2.22. The van der Waals surface area contributed by atoms with Crippen molar-refractivity contribution < 1.29 is 23.9 Å². The number of anilines is 1. The molecule has 1 heterocycles. The molecule has 30 heavy (non-hydrogen) atoms. The van der Waals surface area contributed by atoms with Crippen molar-refractivity contribution in [3.05, 3.63) is 58.5 Å². The highest BCUT2D eigenvalue weighted by atomic mass is 32.2. The van der Waals surface area contributed by atoms with E-state index in [1.165, 1.54) is 7.11 Å². The summed E-state index contributed by atoms with van der Waals surface area (Å²) in [4.78, 5) is 38.5. The van der Waals surface area contributed by atoms with Crippen molar-refractivity contribution in [2.75, 3.05) is 26.1 Å². The number of hydrogen-bond donors (Lipinski definition) is 1. The van der Waals surface area contributed by atoms with Gasteiger partial charge in [-0.05, 0) is 54.1 Å². The summed E-state index contributed by atoms with van der Waals surface area (Å²) >= 11 is 0.791. The van der Waals surface area contributed by atoms with Crippen LogP contribution in [0.5, 0.6) is 11.5 Å². The van der Waals surface area contributed by atoms with Crippen molar-refractivity contribution in [1.29, 1.82) is 0 Å². The third-order valence-corrected chi connectivity index (χ3v) is 5.46. The van der Waals surface area contributed by atoms with E-state index in [4.69, 9.17) is 9.47 Å². The average Bonchev–Trinajstić information content (AvgIpc) is 3.01.